The number of rotatable bonds is 18. The molecule has 0 atom stereocenters. The zero-order valence-electron chi connectivity index (χ0n) is 17.6. The molecule has 1 rings (SSSR count). The molecule has 0 N–H and O–H groups in total. The van der Waals surface area contributed by atoms with E-state index in [9.17, 15) is 4.79 Å². The normalized spacial score (nSPS) is 10.3. The highest BCUT2D eigenvalue weighted by molar-refractivity contribution is 5.81. The summed E-state index contributed by atoms with van der Waals surface area (Å²) in [5.74, 6) is -0.304. The number of halogens is 1. The first-order chi connectivity index (χ1) is 13.3. The summed E-state index contributed by atoms with van der Waals surface area (Å²) in [6, 6.07) is 6.27. The van der Waals surface area contributed by atoms with Crippen LogP contribution in [0.3, 0.4) is 0 Å². The molecule has 0 aromatic carbocycles. The molecule has 0 radical (unpaired) electrons. The Morgan fingerprint density at radius 2 is 1.14 bits per heavy atom. The maximum Gasteiger partial charge on any atom is 0.330 e. The summed E-state index contributed by atoms with van der Waals surface area (Å²) in [5.41, 5.74) is 0. The monoisotopic (exact) mass is 409 g/mol. The number of aryl methyl sites for hydroxylation is 1. The molecule has 0 unspecified atom stereocenters. The van der Waals surface area contributed by atoms with E-state index in [-0.39, 0.29) is 18.4 Å². The fraction of sp³-hybridized carbons (Fsp3) is 0.667. The number of hydrogen-bond acceptors (Lipinski definition) is 2. The van der Waals surface area contributed by atoms with Crippen molar-refractivity contribution in [3.63, 3.8) is 0 Å². The third-order valence-electron chi connectivity index (χ3n) is 5.00. The Labute approximate surface area is 179 Å². The zero-order chi connectivity index (χ0) is 19.4. The molecule has 0 aliphatic heterocycles. The molecule has 4 heteroatoms. The second-order valence-corrected chi connectivity index (χ2v) is 7.43. The summed E-state index contributed by atoms with van der Waals surface area (Å²) >= 11 is 0. The SMILES string of the molecule is C=CC(=O)OCCCCCCCCCCCCCCCC[n+]1ccccc1.[Cl-]. The lowest BCUT2D eigenvalue weighted by Crippen LogP contribution is -3.00. The number of nitrogens with zero attached hydrogens (tertiary/aromatic N) is 1. The third kappa shape index (κ3) is 16.8. The van der Waals surface area contributed by atoms with Gasteiger partial charge in [0.1, 0.15) is 6.54 Å². The number of carbonyl (C=O) groups is 1. The van der Waals surface area contributed by atoms with Crippen molar-refractivity contribution in [1.82, 2.24) is 0 Å². The van der Waals surface area contributed by atoms with Crippen LogP contribution in [0.15, 0.2) is 43.2 Å². The first-order valence-electron chi connectivity index (χ1n) is 11.1. The van der Waals surface area contributed by atoms with Gasteiger partial charge in [0, 0.05) is 24.6 Å². The van der Waals surface area contributed by atoms with Gasteiger partial charge in [0.25, 0.3) is 0 Å². The predicted octanol–water partition coefficient (Wildman–Crippen LogP) is 3.17. The predicted molar refractivity (Wildman–Crippen MR) is 112 cm³/mol. The van der Waals surface area contributed by atoms with Crippen LogP contribution in [0.2, 0.25) is 0 Å². The van der Waals surface area contributed by atoms with Gasteiger partial charge in [-0.2, -0.15) is 0 Å². The molecule has 0 fully saturated rings. The van der Waals surface area contributed by atoms with Crippen LogP contribution in [-0.2, 0) is 16.1 Å². The summed E-state index contributed by atoms with van der Waals surface area (Å²) in [7, 11) is 0. The minimum Gasteiger partial charge on any atom is -1.00 e. The quantitative estimate of drug-likeness (QED) is 0.161. The molecule has 160 valence electrons. The average Bonchev–Trinajstić information content (AvgIpc) is 2.70. The van der Waals surface area contributed by atoms with Crippen LogP contribution < -0.4 is 17.0 Å². The average molecular weight is 410 g/mol. The Balaban J connectivity index is 0.00000729. The van der Waals surface area contributed by atoms with Crippen molar-refractivity contribution in [3.8, 4) is 0 Å². The number of esters is 1. The number of unbranched alkanes of at least 4 members (excludes halogenated alkanes) is 13. The van der Waals surface area contributed by atoms with E-state index in [4.69, 9.17) is 4.74 Å². The fourth-order valence-corrected chi connectivity index (χ4v) is 3.33. The molecule has 0 saturated carbocycles. The van der Waals surface area contributed by atoms with Crippen molar-refractivity contribution in [2.45, 2.75) is 96.4 Å². The van der Waals surface area contributed by atoms with Crippen LogP contribution in [0, 0.1) is 0 Å². The molecule has 1 aromatic heterocycles. The highest BCUT2D eigenvalue weighted by Crippen LogP contribution is 2.13. The maximum atomic E-state index is 10.9. The zero-order valence-corrected chi connectivity index (χ0v) is 18.4. The van der Waals surface area contributed by atoms with Gasteiger partial charge in [-0.25, -0.2) is 9.36 Å². The lowest BCUT2D eigenvalue weighted by Gasteiger charge is -2.04. The van der Waals surface area contributed by atoms with Crippen molar-refractivity contribution in [1.29, 1.82) is 0 Å². The van der Waals surface area contributed by atoms with E-state index in [1.54, 1.807) is 0 Å². The van der Waals surface area contributed by atoms with Crippen LogP contribution in [-0.4, -0.2) is 12.6 Å². The second kappa shape index (κ2) is 20.4. The van der Waals surface area contributed by atoms with E-state index in [0.29, 0.717) is 6.61 Å². The Bertz CT molecular complexity index is 479. The fourth-order valence-electron chi connectivity index (χ4n) is 3.33. The van der Waals surface area contributed by atoms with E-state index in [1.165, 1.54) is 83.1 Å². The first-order valence-corrected chi connectivity index (χ1v) is 11.1. The molecule has 0 saturated heterocycles. The number of hydrogen-bond donors (Lipinski definition) is 0. The lowest BCUT2D eigenvalue weighted by molar-refractivity contribution is -0.697. The maximum absolute atomic E-state index is 10.9. The topological polar surface area (TPSA) is 30.2 Å². The van der Waals surface area contributed by atoms with Gasteiger partial charge in [0.05, 0.1) is 6.61 Å². The van der Waals surface area contributed by atoms with Crippen LogP contribution in [0.1, 0.15) is 89.9 Å². The molecule has 0 spiro atoms. The van der Waals surface area contributed by atoms with E-state index >= 15 is 0 Å². The van der Waals surface area contributed by atoms with E-state index < -0.39 is 0 Å². The van der Waals surface area contributed by atoms with Crippen molar-refractivity contribution < 1.29 is 26.5 Å². The van der Waals surface area contributed by atoms with E-state index in [1.807, 2.05) is 0 Å². The van der Waals surface area contributed by atoms with Crippen molar-refractivity contribution in [3.05, 3.63) is 43.2 Å². The molecule has 0 aliphatic rings. The van der Waals surface area contributed by atoms with Gasteiger partial charge in [0.2, 0.25) is 0 Å². The van der Waals surface area contributed by atoms with Crippen molar-refractivity contribution in [2.75, 3.05) is 6.61 Å². The molecular weight excluding hydrogens is 370 g/mol. The number of aromatic nitrogens is 1. The Kier molecular flexibility index (Phi) is 19.4. The van der Waals surface area contributed by atoms with Gasteiger partial charge >= 0.3 is 5.97 Å². The molecule has 3 nitrogen and oxygen atoms in total. The highest BCUT2D eigenvalue weighted by Gasteiger charge is 1.98. The van der Waals surface area contributed by atoms with Crippen LogP contribution in [0.25, 0.3) is 0 Å². The largest absolute Gasteiger partial charge is 1.00 e. The summed E-state index contributed by atoms with van der Waals surface area (Å²) in [6.45, 7) is 5.08. The molecule has 0 aliphatic carbocycles. The van der Waals surface area contributed by atoms with Crippen molar-refractivity contribution >= 4 is 5.97 Å². The number of carbonyl (C=O) groups excluding carboxylic acids is 1. The van der Waals surface area contributed by atoms with E-state index in [0.717, 1.165) is 19.4 Å². The van der Waals surface area contributed by atoms with Gasteiger partial charge in [-0.05, 0) is 12.8 Å². The van der Waals surface area contributed by atoms with Gasteiger partial charge in [-0.15, -0.1) is 0 Å². The third-order valence-corrected chi connectivity index (χ3v) is 5.00. The Hall–Kier alpha value is -1.35. The van der Waals surface area contributed by atoms with Crippen LogP contribution >= 0.6 is 0 Å². The molecule has 1 aromatic rings. The molecule has 1 heterocycles. The minimum absolute atomic E-state index is 0. The van der Waals surface area contributed by atoms with Gasteiger partial charge in [-0.1, -0.05) is 83.3 Å². The number of ether oxygens (including phenoxy) is 1. The molecule has 28 heavy (non-hydrogen) atoms. The molecule has 0 amide bonds. The van der Waals surface area contributed by atoms with Gasteiger partial charge in [0.15, 0.2) is 12.4 Å². The molecular formula is C24H40ClNO2. The highest BCUT2D eigenvalue weighted by atomic mass is 35.5. The first kappa shape index (κ1) is 26.6. The smallest absolute Gasteiger partial charge is 0.330 e. The molecule has 0 bridgehead atoms. The summed E-state index contributed by atoms with van der Waals surface area (Å²) in [5, 5.41) is 0. The lowest BCUT2D eigenvalue weighted by atomic mass is 10.0. The number of pyridine rings is 1. The van der Waals surface area contributed by atoms with Crippen LogP contribution in [0.5, 0.6) is 0 Å². The Morgan fingerprint density at radius 1 is 0.714 bits per heavy atom. The Morgan fingerprint density at radius 3 is 1.61 bits per heavy atom. The second-order valence-electron chi connectivity index (χ2n) is 7.43. The summed E-state index contributed by atoms with van der Waals surface area (Å²) in [4.78, 5) is 10.9. The van der Waals surface area contributed by atoms with Crippen LogP contribution in [0.4, 0.5) is 0 Å². The minimum atomic E-state index is -0.304. The summed E-state index contributed by atoms with van der Waals surface area (Å²) < 4.78 is 7.24. The van der Waals surface area contributed by atoms with Gasteiger partial charge in [-0.3, -0.25) is 0 Å². The van der Waals surface area contributed by atoms with Crippen molar-refractivity contribution in [2.24, 2.45) is 0 Å². The standard InChI is InChI=1S/C24H40NO2.ClH/c1-2-24(26)27-23-19-14-12-10-8-6-4-3-5-7-9-11-13-16-20-25-21-17-15-18-22-25;/h2,15,17-18,21-22H,1,3-14,16,19-20,23H2;1H/q+1;/p-1. The summed E-state index contributed by atoms with van der Waals surface area (Å²) in [6.07, 6.45) is 24.0. The van der Waals surface area contributed by atoms with E-state index in [2.05, 4.69) is 41.7 Å². The van der Waals surface area contributed by atoms with Gasteiger partial charge < -0.3 is 17.1 Å².